The lowest BCUT2D eigenvalue weighted by Crippen LogP contribution is -2.62. The monoisotopic (exact) mass is 277 g/mol. The van der Waals surface area contributed by atoms with Gasteiger partial charge in [-0.05, 0) is 31.4 Å². The van der Waals surface area contributed by atoms with Gasteiger partial charge in [0, 0.05) is 43.5 Å². The molecule has 0 saturated carbocycles. The third-order valence-corrected chi connectivity index (χ3v) is 4.48. The van der Waals surface area contributed by atoms with E-state index in [1.165, 1.54) is 12.0 Å². The molecule has 0 spiro atoms. The van der Waals surface area contributed by atoms with E-state index in [-0.39, 0.29) is 5.54 Å². The van der Waals surface area contributed by atoms with Crippen LogP contribution >= 0.6 is 0 Å². The van der Waals surface area contributed by atoms with E-state index in [9.17, 15) is 0 Å². The zero-order valence-electron chi connectivity index (χ0n) is 13.1. The average molecular weight is 277 g/mol. The highest BCUT2D eigenvalue weighted by atomic mass is 16.5. The summed E-state index contributed by atoms with van der Waals surface area (Å²) in [6, 6.07) is 4.73. The Kier molecular flexibility index (Phi) is 5.00. The van der Waals surface area contributed by atoms with Crippen molar-refractivity contribution in [3.8, 4) is 5.88 Å². The molecule has 1 N–H and O–H groups in total. The Labute approximate surface area is 122 Å². The van der Waals surface area contributed by atoms with E-state index < -0.39 is 0 Å². The van der Waals surface area contributed by atoms with Gasteiger partial charge in [0.05, 0.1) is 7.11 Å². The Morgan fingerprint density at radius 1 is 1.50 bits per heavy atom. The number of ether oxygens (including phenoxy) is 1. The second-order valence-corrected chi connectivity index (χ2v) is 5.97. The van der Waals surface area contributed by atoms with Crippen LogP contribution in [0.15, 0.2) is 18.3 Å². The smallest absolute Gasteiger partial charge is 0.213 e. The quantitative estimate of drug-likeness (QED) is 0.897. The van der Waals surface area contributed by atoms with Crippen LogP contribution in [0, 0.1) is 0 Å². The average Bonchev–Trinajstić information content (AvgIpc) is 2.48. The third kappa shape index (κ3) is 3.49. The molecule has 4 heteroatoms. The van der Waals surface area contributed by atoms with E-state index in [2.05, 4.69) is 42.0 Å². The first-order valence-electron chi connectivity index (χ1n) is 7.58. The second-order valence-electron chi connectivity index (χ2n) is 5.97. The number of rotatable bonds is 5. The largest absolute Gasteiger partial charge is 0.481 e. The van der Waals surface area contributed by atoms with Crippen LogP contribution in [0.2, 0.25) is 0 Å². The molecular weight excluding hydrogens is 250 g/mol. The van der Waals surface area contributed by atoms with Gasteiger partial charge in [0.25, 0.3) is 0 Å². The molecule has 0 amide bonds. The van der Waals surface area contributed by atoms with Gasteiger partial charge >= 0.3 is 0 Å². The second kappa shape index (κ2) is 6.55. The lowest BCUT2D eigenvalue weighted by Gasteiger charge is -2.46. The molecule has 0 bridgehead atoms. The topological polar surface area (TPSA) is 37.4 Å². The molecule has 1 fully saturated rings. The molecule has 2 rings (SSSR count). The van der Waals surface area contributed by atoms with E-state index >= 15 is 0 Å². The van der Waals surface area contributed by atoms with Crippen molar-refractivity contribution in [3.05, 3.63) is 23.9 Å². The minimum Gasteiger partial charge on any atom is -0.481 e. The fourth-order valence-electron chi connectivity index (χ4n) is 2.85. The Morgan fingerprint density at radius 3 is 2.95 bits per heavy atom. The van der Waals surface area contributed by atoms with Crippen LogP contribution < -0.4 is 10.1 Å². The third-order valence-electron chi connectivity index (χ3n) is 4.48. The molecular formula is C16H27N3O. The zero-order chi connectivity index (χ0) is 14.6. The van der Waals surface area contributed by atoms with E-state index in [0.717, 1.165) is 26.1 Å². The summed E-state index contributed by atoms with van der Waals surface area (Å²) in [5.74, 6) is 0.698. The van der Waals surface area contributed by atoms with Crippen molar-refractivity contribution in [1.82, 2.24) is 15.2 Å². The standard InChI is InChI=1S/C16H27N3O/c1-5-14-10-18-16(3,6-2)12-19(14)11-13-7-8-17-15(9-13)20-4/h7-9,14,18H,5-6,10-12H2,1-4H3. The Bertz CT molecular complexity index is 437. The van der Waals surface area contributed by atoms with Crippen LogP contribution in [0.5, 0.6) is 5.88 Å². The predicted octanol–water partition coefficient (Wildman–Crippen LogP) is 2.44. The van der Waals surface area contributed by atoms with Gasteiger partial charge in [-0.1, -0.05) is 13.8 Å². The van der Waals surface area contributed by atoms with Gasteiger partial charge in [-0.15, -0.1) is 0 Å². The number of hydrogen-bond acceptors (Lipinski definition) is 4. The zero-order valence-corrected chi connectivity index (χ0v) is 13.1. The maximum Gasteiger partial charge on any atom is 0.213 e. The van der Waals surface area contributed by atoms with Crippen molar-refractivity contribution in [1.29, 1.82) is 0 Å². The summed E-state index contributed by atoms with van der Waals surface area (Å²) in [6.45, 7) is 9.97. The number of aromatic nitrogens is 1. The number of piperazine rings is 1. The van der Waals surface area contributed by atoms with Gasteiger partial charge in [-0.2, -0.15) is 0 Å². The summed E-state index contributed by atoms with van der Waals surface area (Å²) in [6.07, 6.45) is 4.16. The minimum absolute atomic E-state index is 0.225. The van der Waals surface area contributed by atoms with Gasteiger partial charge in [0.2, 0.25) is 5.88 Å². The first-order valence-corrected chi connectivity index (χ1v) is 7.58. The molecule has 112 valence electrons. The van der Waals surface area contributed by atoms with Gasteiger partial charge in [-0.3, -0.25) is 4.90 Å². The molecule has 1 aromatic heterocycles. The fraction of sp³-hybridized carbons (Fsp3) is 0.688. The molecule has 1 aliphatic rings. The van der Waals surface area contributed by atoms with Crippen LogP contribution in [0.25, 0.3) is 0 Å². The Balaban J connectivity index is 2.11. The van der Waals surface area contributed by atoms with Gasteiger partial charge < -0.3 is 10.1 Å². The number of methoxy groups -OCH3 is 1. The highest BCUT2D eigenvalue weighted by Crippen LogP contribution is 2.23. The highest BCUT2D eigenvalue weighted by Gasteiger charge is 2.33. The lowest BCUT2D eigenvalue weighted by molar-refractivity contribution is 0.0754. The Morgan fingerprint density at radius 2 is 2.30 bits per heavy atom. The molecule has 0 aliphatic carbocycles. The van der Waals surface area contributed by atoms with Crippen molar-refractivity contribution in [2.75, 3.05) is 20.2 Å². The van der Waals surface area contributed by atoms with Crippen molar-refractivity contribution in [3.63, 3.8) is 0 Å². The van der Waals surface area contributed by atoms with Crippen molar-refractivity contribution < 1.29 is 4.74 Å². The van der Waals surface area contributed by atoms with Gasteiger partial charge in [-0.25, -0.2) is 4.98 Å². The summed E-state index contributed by atoms with van der Waals surface area (Å²) in [5.41, 5.74) is 1.50. The number of nitrogens with zero attached hydrogens (tertiary/aromatic N) is 2. The van der Waals surface area contributed by atoms with Crippen LogP contribution in [-0.4, -0.2) is 41.7 Å². The van der Waals surface area contributed by atoms with Crippen molar-refractivity contribution in [2.24, 2.45) is 0 Å². The van der Waals surface area contributed by atoms with Crippen LogP contribution in [0.1, 0.15) is 39.2 Å². The molecule has 4 nitrogen and oxygen atoms in total. The summed E-state index contributed by atoms with van der Waals surface area (Å²) in [7, 11) is 1.67. The summed E-state index contributed by atoms with van der Waals surface area (Å²) in [4.78, 5) is 6.77. The number of hydrogen-bond donors (Lipinski definition) is 1. The molecule has 1 aromatic rings. The van der Waals surface area contributed by atoms with E-state index in [1.807, 2.05) is 12.3 Å². The molecule has 2 atom stereocenters. The normalized spacial score (nSPS) is 27.5. The first-order chi connectivity index (χ1) is 9.60. The summed E-state index contributed by atoms with van der Waals surface area (Å²) >= 11 is 0. The predicted molar refractivity (Wildman–Crippen MR) is 82.0 cm³/mol. The van der Waals surface area contributed by atoms with E-state index in [0.29, 0.717) is 11.9 Å². The number of nitrogens with one attached hydrogen (secondary N) is 1. The maximum atomic E-state index is 5.22. The first kappa shape index (κ1) is 15.3. The highest BCUT2D eigenvalue weighted by molar-refractivity contribution is 5.20. The lowest BCUT2D eigenvalue weighted by atomic mass is 9.92. The summed E-state index contributed by atoms with van der Waals surface area (Å²) < 4.78 is 5.22. The molecule has 1 aliphatic heterocycles. The van der Waals surface area contributed by atoms with Crippen molar-refractivity contribution >= 4 is 0 Å². The van der Waals surface area contributed by atoms with Crippen LogP contribution in [-0.2, 0) is 6.54 Å². The summed E-state index contributed by atoms with van der Waals surface area (Å²) in [5, 5.41) is 3.71. The maximum absolute atomic E-state index is 5.22. The molecule has 2 heterocycles. The SMILES string of the molecule is CCC1CNC(C)(CC)CN1Cc1ccnc(OC)c1. The van der Waals surface area contributed by atoms with E-state index in [4.69, 9.17) is 4.74 Å². The Hall–Kier alpha value is -1.13. The van der Waals surface area contributed by atoms with Crippen LogP contribution in [0.4, 0.5) is 0 Å². The van der Waals surface area contributed by atoms with Crippen molar-refractivity contribution in [2.45, 2.75) is 51.7 Å². The minimum atomic E-state index is 0.225. The fourth-order valence-corrected chi connectivity index (χ4v) is 2.85. The van der Waals surface area contributed by atoms with Gasteiger partial charge in [0.15, 0.2) is 0 Å². The molecule has 1 saturated heterocycles. The molecule has 20 heavy (non-hydrogen) atoms. The number of pyridine rings is 1. The molecule has 2 unspecified atom stereocenters. The van der Waals surface area contributed by atoms with E-state index in [1.54, 1.807) is 7.11 Å². The molecule has 0 aromatic carbocycles. The van der Waals surface area contributed by atoms with Gasteiger partial charge in [0.1, 0.15) is 0 Å². The van der Waals surface area contributed by atoms with Crippen LogP contribution in [0.3, 0.4) is 0 Å². The molecule has 0 radical (unpaired) electrons.